The van der Waals surface area contributed by atoms with Crippen molar-refractivity contribution < 1.29 is 24.2 Å². The van der Waals surface area contributed by atoms with E-state index in [0.29, 0.717) is 32.2 Å². The van der Waals surface area contributed by atoms with Crippen molar-refractivity contribution in [2.24, 2.45) is 11.8 Å². The first-order valence-corrected chi connectivity index (χ1v) is 10.2. The van der Waals surface area contributed by atoms with Gasteiger partial charge in [-0.1, -0.05) is 19.4 Å². The number of carboxylic acids is 1. The Bertz CT molecular complexity index is 606. The SMILES string of the molecule is C[C@@H](Cc1cccs1)C(=O)C[C@@H](CCCCNC(=O)OC(C)(C)C)C(=O)O. The average molecular weight is 398 g/mol. The fourth-order valence-electron chi connectivity index (χ4n) is 2.62. The number of ether oxygens (including phenoxy) is 1. The van der Waals surface area contributed by atoms with Crippen LogP contribution >= 0.6 is 11.3 Å². The molecule has 0 aliphatic rings. The van der Waals surface area contributed by atoms with Gasteiger partial charge in [0.15, 0.2) is 0 Å². The molecule has 0 aliphatic carbocycles. The van der Waals surface area contributed by atoms with Crippen LogP contribution in [0.5, 0.6) is 0 Å². The second-order valence-corrected chi connectivity index (χ2v) is 8.85. The summed E-state index contributed by atoms with van der Waals surface area (Å²) >= 11 is 1.61. The quantitative estimate of drug-likeness (QED) is 0.544. The Balaban J connectivity index is 2.32. The average Bonchev–Trinajstić information content (AvgIpc) is 3.04. The highest BCUT2D eigenvalue weighted by Crippen LogP contribution is 2.20. The first-order valence-electron chi connectivity index (χ1n) is 9.33. The molecule has 1 aromatic rings. The molecule has 2 N–H and O–H groups in total. The molecule has 2 atom stereocenters. The van der Waals surface area contributed by atoms with Crippen molar-refractivity contribution in [3.05, 3.63) is 22.4 Å². The summed E-state index contributed by atoms with van der Waals surface area (Å²) in [7, 11) is 0. The van der Waals surface area contributed by atoms with Gasteiger partial charge in [0, 0.05) is 23.8 Å². The molecule has 0 fully saturated rings. The van der Waals surface area contributed by atoms with E-state index < -0.39 is 23.6 Å². The standard InChI is InChI=1S/C20H31NO5S/c1-14(12-16-9-7-11-27-16)17(22)13-15(18(23)24)8-5-6-10-21-19(25)26-20(2,3)4/h7,9,11,14-15H,5-6,8,10,12-13H2,1-4H3,(H,21,25)(H,23,24)/t14-,15+/m0/s1. The Morgan fingerprint density at radius 3 is 2.52 bits per heavy atom. The van der Waals surface area contributed by atoms with Crippen LogP contribution in [-0.4, -0.2) is 35.1 Å². The molecule has 1 rings (SSSR count). The molecule has 0 aromatic carbocycles. The van der Waals surface area contributed by atoms with Crippen molar-refractivity contribution in [3.63, 3.8) is 0 Å². The molecule has 27 heavy (non-hydrogen) atoms. The lowest BCUT2D eigenvalue weighted by atomic mass is 9.90. The summed E-state index contributed by atoms with van der Waals surface area (Å²) in [6, 6.07) is 3.93. The van der Waals surface area contributed by atoms with Crippen LogP contribution in [0.1, 0.15) is 58.3 Å². The number of thiophene rings is 1. The second-order valence-electron chi connectivity index (χ2n) is 7.81. The summed E-state index contributed by atoms with van der Waals surface area (Å²) in [5, 5.41) is 14.0. The topological polar surface area (TPSA) is 92.7 Å². The van der Waals surface area contributed by atoms with Crippen molar-refractivity contribution in [3.8, 4) is 0 Å². The largest absolute Gasteiger partial charge is 0.481 e. The van der Waals surface area contributed by atoms with Gasteiger partial charge in [0.1, 0.15) is 11.4 Å². The molecule has 1 heterocycles. The van der Waals surface area contributed by atoms with Crippen LogP contribution in [0, 0.1) is 11.8 Å². The van der Waals surface area contributed by atoms with Gasteiger partial charge in [-0.05, 0) is 51.5 Å². The van der Waals surface area contributed by atoms with Crippen LogP contribution in [0.3, 0.4) is 0 Å². The number of amides is 1. The van der Waals surface area contributed by atoms with E-state index in [0.717, 1.165) is 4.88 Å². The van der Waals surface area contributed by atoms with Crippen LogP contribution in [0.25, 0.3) is 0 Å². The monoisotopic (exact) mass is 397 g/mol. The number of carbonyl (C=O) groups is 3. The number of Topliss-reactive ketones (excluding diaryl/α,β-unsaturated/α-hetero) is 1. The number of rotatable bonds is 11. The highest BCUT2D eigenvalue weighted by atomic mass is 32.1. The molecule has 0 spiro atoms. The summed E-state index contributed by atoms with van der Waals surface area (Å²) in [6.07, 6.45) is 1.92. The molecule has 0 bridgehead atoms. The lowest BCUT2D eigenvalue weighted by molar-refractivity contribution is -0.144. The van der Waals surface area contributed by atoms with Crippen molar-refractivity contribution in [1.82, 2.24) is 5.32 Å². The Hall–Kier alpha value is -1.89. The number of ketones is 1. The van der Waals surface area contributed by atoms with Crippen molar-refractivity contribution in [1.29, 1.82) is 0 Å². The van der Waals surface area contributed by atoms with Crippen LogP contribution in [-0.2, 0) is 20.7 Å². The number of aliphatic carboxylic acids is 1. The third-order valence-electron chi connectivity index (χ3n) is 4.08. The fraction of sp³-hybridized carbons (Fsp3) is 0.650. The third kappa shape index (κ3) is 10.1. The zero-order valence-corrected chi connectivity index (χ0v) is 17.4. The molecule has 0 unspecified atom stereocenters. The first kappa shape index (κ1) is 23.1. The predicted octanol–water partition coefficient (Wildman–Crippen LogP) is 4.28. The Morgan fingerprint density at radius 1 is 1.26 bits per heavy atom. The number of nitrogens with one attached hydrogen (secondary N) is 1. The molecule has 7 heteroatoms. The fourth-order valence-corrected chi connectivity index (χ4v) is 3.46. The second kappa shape index (κ2) is 11.1. The number of carbonyl (C=O) groups excluding carboxylic acids is 2. The summed E-state index contributed by atoms with van der Waals surface area (Å²) < 4.78 is 5.14. The van der Waals surface area contributed by atoms with E-state index in [-0.39, 0.29) is 18.1 Å². The number of unbranched alkanes of at least 4 members (excludes halogenated alkanes) is 1. The van der Waals surface area contributed by atoms with E-state index in [1.807, 2.05) is 24.4 Å². The normalized spacial score (nSPS) is 13.6. The molecule has 6 nitrogen and oxygen atoms in total. The van der Waals surface area contributed by atoms with Gasteiger partial charge in [-0.25, -0.2) is 4.79 Å². The van der Waals surface area contributed by atoms with Gasteiger partial charge in [-0.15, -0.1) is 11.3 Å². The van der Waals surface area contributed by atoms with Gasteiger partial charge in [0.05, 0.1) is 5.92 Å². The molecule has 0 radical (unpaired) electrons. The maximum atomic E-state index is 12.4. The summed E-state index contributed by atoms with van der Waals surface area (Å²) in [5.74, 6) is -1.81. The molecule has 1 amide bonds. The molecule has 152 valence electrons. The molecule has 0 saturated carbocycles. The summed E-state index contributed by atoms with van der Waals surface area (Å²) in [6.45, 7) is 7.65. The smallest absolute Gasteiger partial charge is 0.407 e. The number of hydrogen-bond donors (Lipinski definition) is 2. The molecular weight excluding hydrogens is 366 g/mol. The molecule has 1 aromatic heterocycles. The van der Waals surface area contributed by atoms with E-state index in [9.17, 15) is 19.5 Å². The molecule has 0 saturated heterocycles. The van der Waals surface area contributed by atoms with Crippen LogP contribution in [0.4, 0.5) is 4.79 Å². The maximum Gasteiger partial charge on any atom is 0.407 e. The zero-order valence-electron chi connectivity index (χ0n) is 16.6. The lowest BCUT2D eigenvalue weighted by Crippen LogP contribution is -2.33. The highest BCUT2D eigenvalue weighted by Gasteiger charge is 2.24. The Labute approximate surface area is 165 Å². The van der Waals surface area contributed by atoms with E-state index in [1.165, 1.54) is 0 Å². The number of hydrogen-bond acceptors (Lipinski definition) is 5. The van der Waals surface area contributed by atoms with Gasteiger partial charge in [-0.2, -0.15) is 0 Å². The summed E-state index contributed by atoms with van der Waals surface area (Å²) in [5.41, 5.74) is -0.543. The Kier molecular flexibility index (Phi) is 9.49. The van der Waals surface area contributed by atoms with E-state index >= 15 is 0 Å². The van der Waals surface area contributed by atoms with Crippen LogP contribution in [0.15, 0.2) is 17.5 Å². The van der Waals surface area contributed by atoms with E-state index in [4.69, 9.17) is 4.74 Å². The van der Waals surface area contributed by atoms with Crippen molar-refractivity contribution in [2.75, 3.05) is 6.54 Å². The molecule has 0 aliphatic heterocycles. The van der Waals surface area contributed by atoms with E-state index in [1.54, 1.807) is 32.1 Å². The van der Waals surface area contributed by atoms with Crippen molar-refractivity contribution >= 4 is 29.2 Å². The van der Waals surface area contributed by atoms with Gasteiger partial charge in [0.25, 0.3) is 0 Å². The maximum absolute atomic E-state index is 12.4. The minimum Gasteiger partial charge on any atom is -0.481 e. The minimum atomic E-state index is -0.938. The van der Waals surface area contributed by atoms with Gasteiger partial charge in [0.2, 0.25) is 0 Å². The van der Waals surface area contributed by atoms with Crippen molar-refractivity contribution in [2.45, 2.75) is 65.4 Å². The zero-order chi connectivity index (χ0) is 20.4. The van der Waals surface area contributed by atoms with E-state index in [2.05, 4.69) is 5.32 Å². The lowest BCUT2D eigenvalue weighted by Gasteiger charge is -2.19. The molecular formula is C20H31NO5S. The predicted molar refractivity (Wildman–Crippen MR) is 106 cm³/mol. The van der Waals surface area contributed by atoms with Crippen LogP contribution in [0.2, 0.25) is 0 Å². The van der Waals surface area contributed by atoms with Gasteiger partial charge in [-0.3, -0.25) is 9.59 Å². The highest BCUT2D eigenvalue weighted by molar-refractivity contribution is 7.09. The van der Waals surface area contributed by atoms with Gasteiger partial charge >= 0.3 is 12.1 Å². The summed E-state index contributed by atoms with van der Waals surface area (Å²) in [4.78, 5) is 36.5. The third-order valence-corrected chi connectivity index (χ3v) is 4.98. The van der Waals surface area contributed by atoms with Gasteiger partial charge < -0.3 is 15.2 Å². The number of carboxylic acid groups (broad SMARTS) is 1. The first-order chi connectivity index (χ1) is 12.6. The minimum absolute atomic E-state index is 0.0114. The Morgan fingerprint density at radius 2 is 1.96 bits per heavy atom. The van der Waals surface area contributed by atoms with Crippen LogP contribution < -0.4 is 5.32 Å². The number of alkyl carbamates (subject to hydrolysis) is 1.